The Kier molecular flexibility index (Phi) is 8.03. The number of hydrogen-bond donors (Lipinski definition) is 1. The van der Waals surface area contributed by atoms with Gasteiger partial charge < -0.3 is 15.0 Å². The van der Waals surface area contributed by atoms with E-state index in [1.807, 2.05) is 30.3 Å². The van der Waals surface area contributed by atoms with Crippen molar-refractivity contribution in [2.45, 2.75) is 24.1 Å². The number of rotatable bonds is 9. The summed E-state index contributed by atoms with van der Waals surface area (Å²) in [5.74, 6) is -2.00. The Morgan fingerprint density at radius 3 is 2.42 bits per heavy atom. The molecule has 0 spiro atoms. The molecule has 2 rings (SSSR count). The van der Waals surface area contributed by atoms with Crippen molar-refractivity contribution in [2.75, 3.05) is 20.6 Å². The lowest BCUT2D eigenvalue weighted by molar-refractivity contribution is -0.173. The monoisotopic (exact) mass is 457 g/mol. The maximum Gasteiger partial charge on any atom is 0.471 e. The van der Waals surface area contributed by atoms with E-state index in [2.05, 4.69) is 4.40 Å². The third kappa shape index (κ3) is 7.59. The molecule has 0 aromatic heterocycles. The lowest BCUT2D eigenvalue weighted by Gasteiger charge is -2.13. The summed E-state index contributed by atoms with van der Waals surface area (Å²) in [6.07, 6.45) is -3.88. The first-order valence-electron chi connectivity index (χ1n) is 9.10. The quantitative estimate of drug-likeness (QED) is 0.462. The molecule has 0 aliphatic heterocycles. The first-order chi connectivity index (χ1) is 14.5. The van der Waals surface area contributed by atoms with E-state index in [0.29, 0.717) is 5.56 Å². The third-order valence-corrected chi connectivity index (χ3v) is 5.14. The van der Waals surface area contributed by atoms with Crippen molar-refractivity contribution < 1.29 is 31.1 Å². The number of ether oxygens (including phenoxy) is 1. The van der Waals surface area contributed by atoms with Crippen LogP contribution in [0.25, 0.3) is 0 Å². The van der Waals surface area contributed by atoms with Crippen LogP contribution in [0.3, 0.4) is 0 Å². The number of nitrogens with one attached hydrogen (secondary N) is 1. The van der Waals surface area contributed by atoms with Crippen molar-refractivity contribution in [3.05, 3.63) is 59.7 Å². The van der Waals surface area contributed by atoms with Crippen LogP contribution in [0.4, 0.5) is 13.2 Å². The van der Waals surface area contributed by atoms with E-state index in [1.165, 1.54) is 23.1 Å². The molecule has 0 atom stereocenters. The third-order valence-electron chi connectivity index (χ3n) is 3.90. The topological polar surface area (TPSA) is 88.1 Å². The van der Waals surface area contributed by atoms with Crippen molar-refractivity contribution in [2.24, 2.45) is 4.40 Å². The number of benzene rings is 2. The zero-order chi connectivity index (χ0) is 23.1. The zero-order valence-electron chi connectivity index (χ0n) is 16.9. The molecule has 1 N–H and O–H groups in total. The molecule has 31 heavy (non-hydrogen) atoms. The molecule has 0 radical (unpaired) electrons. The molecule has 11 heteroatoms. The average molecular weight is 457 g/mol. The van der Waals surface area contributed by atoms with Gasteiger partial charge in [0.1, 0.15) is 23.6 Å². The molecule has 0 bridgehead atoms. The summed E-state index contributed by atoms with van der Waals surface area (Å²) in [7, 11) is -0.937. The fourth-order valence-corrected chi connectivity index (χ4v) is 3.51. The number of hydrogen-bond acceptors (Lipinski definition) is 4. The summed E-state index contributed by atoms with van der Waals surface area (Å²) in [5, 5.41) is 1.75. The minimum absolute atomic E-state index is 0.0132. The van der Waals surface area contributed by atoms with Gasteiger partial charge in [-0.05, 0) is 29.7 Å². The zero-order valence-corrected chi connectivity index (χ0v) is 17.7. The normalized spacial score (nSPS) is 12.0. The van der Waals surface area contributed by atoms with Gasteiger partial charge in [0, 0.05) is 20.6 Å². The van der Waals surface area contributed by atoms with E-state index in [1.54, 1.807) is 19.4 Å². The predicted molar refractivity (Wildman–Crippen MR) is 109 cm³/mol. The molecule has 0 aliphatic rings. The highest BCUT2D eigenvalue weighted by Gasteiger charge is 2.38. The Hall–Kier alpha value is -3.08. The number of carbonyl (C=O) groups excluding carboxylic acids is 1. The maximum atomic E-state index is 12.7. The van der Waals surface area contributed by atoms with Gasteiger partial charge >= 0.3 is 12.1 Å². The van der Waals surface area contributed by atoms with Crippen molar-refractivity contribution in [1.29, 1.82) is 0 Å². The van der Waals surface area contributed by atoms with Crippen LogP contribution >= 0.6 is 0 Å². The van der Waals surface area contributed by atoms with Crippen LogP contribution in [0.15, 0.2) is 57.8 Å². The van der Waals surface area contributed by atoms with Gasteiger partial charge in [-0.3, -0.25) is 4.79 Å². The van der Waals surface area contributed by atoms with Crippen molar-refractivity contribution in [3.8, 4) is 5.75 Å². The van der Waals surface area contributed by atoms with Crippen LogP contribution in [0.2, 0.25) is 0 Å². The number of halogens is 3. The summed E-state index contributed by atoms with van der Waals surface area (Å²) in [5.41, 5.74) is 1.22. The highest BCUT2D eigenvalue weighted by molar-refractivity contribution is 7.90. The van der Waals surface area contributed by atoms with Crippen LogP contribution < -0.4 is 10.1 Å². The second-order valence-corrected chi connectivity index (χ2v) is 8.32. The van der Waals surface area contributed by atoms with Crippen LogP contribution in [-0.2, 0) is 27.8 Å². The smallest absolute Gasteiger partial charge is 0.471 e. The summed E-state index contributed by atoms with van der Waals surface area (Å²) in [4.78, 5) is 12.2. The van der Waals surface area contributed by atoms with Crippen molar-refractivity contribution in [1.82, 2.24) is 10.2 Å². The molecule has 0 saturated carbocycles. The van der Waals surface area contributed by atoms with Gasteiger partial charge in [0.05, 0.1) is 0 Å². The van der Waals surface area contributed by atoms with E-state index in [0.717, 1.165) is 11.9 Å². The summed E-state index contributed by atoms with van der Waals surface area (Å²) >= 11 is 0. The number of carbonyl (C=O) groups is 1. The summed E-state index contributed by atoms with van der Waals surface area (Å²) < 4.78 is 71.6. The van der Waals surface area contributed by atoms with Gasteiger partial charge in [0.25, 0.3) is 10.0 Å². The second-order valence-electron chi connectivity index (χ2n) is 6.72. The maximum absolute atomic E-state index is 12.7. The molecule has 0 fully saturated rings. The Balaban J connectivity index is 2.25. The lowest BCUT2D eigenvalue weighted by atomic mass is 10.1. The van der Waals surface area contributed by atoms with Crippen molar-refractivity contribution >= 4 is 22.3 Å². The first kappa shape index (κ1) is 24.2. The number of amides is 1. The standard InChI is InChI=1S/C20H22F3N3O4S/c1-26(2)14-25-31(28,29)18-12-15(10-11-24-19(27)20(21,22)23)8-9-17(18)30-13-16-6-4-3-5-7-16/h3-9,12,14H,10-11,13H2,1-2H3,(H,24,27)/b25-14+. The van der Waals surface area contributed by atoms with Gasteiger partial charge in [0.15, 0.2) is 0 Å². The molecule has 168 valence electrons. The number of sulfonamides is 1. The van der Waals surface area contributed by atoms with E-state index in [4.69, 9.17) is 4.74 Å². The highest BCUT2D eigenvalue weighted by atomic mass is 32.2. The van der Waals surface area contributed by atoms with Crippen LogP contribution in [0.5, 0.6) is 5.75 Å². The van der Waals surface area contributed by atoms with Crippen molar-refractivity contribution in [3.63, 3.8) is 0 Å². The van der Waals surface area contributed by atoms with E-state index in [9.17, 15) is 26.4 Å². The van der Waals surface area contributed by atoms with Gasteiger partial charge in [-0.25, -0.2) is 0 Å². The Morgan fingerprint density at radius 2 is 1.81 bits per heavy atom. The second kappa shape index (κ2) is 10.3. The molecule has 0 unspecified atom stereocenters. The number of nitrogens with zero attached hydrogens (tertiary/aromatic N) is 2. The minimum Gasteiger partial charge on any atom is -0.487 e. The van der Waals surface area contributed by atoms with Crippen LogP contribution in [0, 0.1) is 0 Å². The van der Waals surface area contributed by atoms with Gasteiger partial charge in [-0.2, -0.15) is 21.6 Å². The molecule has 2 aromatic rings. The molecule has 0 aliphatic carbocycles. The molecule has 0 heterocycles. The average Bonchev–Trinajstić information content (AvgIpc) is 2.71. The first-order valence-corrected chi connectivity index (χ1v) is 10.5. The SMILES string of the molecule is CN(C)/C=N/S(=O)(=O)c1cc(CCNC(=O)C(F)(F)F)ccc1OCc1ccccc1. The Labute approximate surface area is 178 Å². The van der Waals surface area contributed by atoms with E-state index in [-0.39, 0.29) is 30.2 Å². The lowest BCUT2D eigenvalue weighted by Crippen LogP contribution is -2.37. The molecular weight excluding hydrogens is 435 g/mol. The molecule has 1 amide bonds. The summed E-state index contributed by atoms with van der Waals surface area (Å²) in [6, 6.07) is 13.3. The van der Waals surface area contributed by atoms with Gasteiger partial charge in [-0.15, -0.1) is 4.40 Å². The Morgan fingerprint density at radius 1 is 1.13 bits per heavy atom. The predicted octanol–water partition coefficient (Wildman–Crippen LogP) is 2.77. The number of alkyl halides is 3. The van der Waals surface area contributed by atoms with E-state index < -0.39 is 22.1 Å². The highest BCUT2D eigenvalue weighted by Crippen LogP contribution is 2.28. The summed E-state index contributed by atoms with van der Waals surface area (Å²) in [6.45, 7) is -0.204. The fourth-order valence-electron chi connectivity index (χ4n) is 2.40. The Bertz CT molecular complexity index is 1020. The molecule has 7 nitrogen and oxygen atoms in total. The molecular formula is C20H22F3N3O4S. The molecule has 0 saturated heterocycles. The molecule has 2 aromatic carbocycles. The van der Waals surface area contributed by atoms with Gasteiger partial charge in [-0.1, -0.05) is 36.4 Å². The van der Waals surface area contributed by atoms with Crippen LogP contribution in [0.1, 0.15) is 11.1 Å². The van der Waals surface area contributed by atoms with Crippen LogP contribution in [-0.4, -0.2) is 52.4 Å². The fraction of sp³-hybridized carbons (Fsp3) is 0.300. The van der Waals surface area contributed by atoms with E-state index >= 15 is 0 Å². The largest absolute Gasteiger partial charge is 0.487 e. The minimum atomic E-state index is -4.98. The van der Waals surface area contributed by atoms with Gasteiger partial charge in [0.2, 0.25) is 0 Å².